The van der Waals surface area contributed by atoms with Crippen LogP contribution in [0, 0.1) is 6.92 Å². The van der Waals surface area contributed by atoms with Crippen LogP contribution in [0.5, 0.6) is 11.5 Å². The van der Waals surface area contributed by atoms with Gasteiger partial charge < -0.3 is 14.4 Å². The van der Waals surface area contributed by atoms with Gasteiger partial charge in [-0.05, 0) is 48.9 Å². The van der Waals surface area contributed by atoms with E-state index >= 15 is 0 Å². The van der Waals surface area contributed by atoms with Gasteiger partial charge in [-0.2, -0.15) is 0 Å². The third-order valence-electron chi connectivity index (χ3n) is 5.80. The highest BCUT2D eigenvalue weighted by molar-refractivity contribution is 6.32. The lowest BCUT2D eigenvalue weighted by Crippen LogP contribution is -2.52. The number of benzene rings is 2. The van der Waals surface area contributed by atoms with E-state index in [0.717, 1.165) is 5.56 Å². The van der Waals surface area contributed by atoms with E-state index in [4.69, 9.17) is 32.7 Å². The molecule has 30 heavy (non-hydrogen) atoms. The summed E-state index contributed by atoms with van der Waals surface area (Å²) in [6.07, 6.45) is 1.88. The van der Waals surface area contributed by atoms with Gasteiger partial charge in [0.15, 0.2) is 5.78 Å². The molecule has 2 heterocycles. The number of carbonyl (C=O) groups excluding carboxylic acids is 2. The van der Waals surface area contributed by atoms with E-state index in [9.17, 15) is 9.59 Å². The Hall–Kier alpha value is -2.24. The molecule has 1 spiro atoms. The second-order valence-electron chi connectivity index (χ2n) is 7.92. The number of hydrogen-bond acceptors (Lipinski definition) is 4. The third kappa shape index (κ3) is 4.42. The van der Waals surface area contributed by atoms with Crippen molar-refractivity contribution in [3.63, 3.8) is 0 Å². The van der Waals surface area contributed by atoms with Gasteiger partial charge in [-0.15, -0.1) is 0 Å². The van der Waals surface area contributed by atoms with Crippen LogP contribution in [0.4, 0.5) is 0 Å². The zero-order valence-electron chi connectivity index (χ0n) is 16.7. The van der Waals surface area contributed by atoms with E-state index < -0.39 is 5.60 Å². The average molecular weight is 448 g/mol. The Balaban J connectivity index is 1.32. The SMILES string of the molecule is Cc1cc2c(cc1Cl)C(=O)CC1(CCN(C(=O)CCOc3ccc(Cl)cc3)CC1)O2. The van der Waals surface area contributed by atoms with Gasteiger partial charge in [-0.1, -0.05) is 23.2 Å². The molecule has 1 amide bonds. The van der Waals surface area contributed by atoms with E-state index in [1.165, 1.54) is 0 Å². The standard InChI is InChI=1S/C23H23Cl2NO4/c1-15-12-21-18(13-19(15)25)20(27)14-23(30-21)7-9-26(10-8-23)22(28)6-11-29-17-4-2-16(24)3-5-17/h2-5,12-13H,6-11,14H2,1H3. The predicted octanol–water partition coefficient (Wildman–Crippen LogP) is 5.10. The summed E-state index contributed by atoms with van der Waals surface area (Å²) in [7, 11) is 0. The molecular weight excluding hydrogens is 425 g/mol. The van der Waals surface area contributed by atoms with E-state index in [1.807, 2.05) is 17.9 Å². The van der Waals surface area contributed by atoms with Gasteiger partial charge in [-0.25, -0.2) is 0 Å². The van der Waals surface area contributed by atoms with Crippen molar-refractivity contribution in [2.75, 3.05) is 19.7 Å². The number of ketones is 1. The molecule has 0 aliphatic carbocycles. The minimum absolute atomic E-state index is 0.0453. The summed E-state index contributed by atoms with van der Waals surface area (Å²) in [6.45, 7) is 3.33. The maximum atomic E-state index is 12.7. The maximum Gasteiger partial charge on any atom is 0.226 e. The van der Waals surface area contributed by atoms with Crippen LogP contribution in [0.2, 0.25) is 10.0 Å². The van der Waals surface area contributed by atoms with Gasteiger partial charge in [0.25, 0.3) is 0 Å². The van der Waals surface area contributed by atoms with Crippen molar-refractivity contribution >= 4 is 34.9 Å². The van der Waals surface area contributed by atoms with Gasteiger partial charge in [0.1, 0.15) is 17.1 Å². The molecule has 2 aliphatic heterocycles. The first-order valence-electron chi connectivity index (χ1n) is 10.0. The van der Waals surface area contributed by atoms with Crippen LogP contribution in [-0.2, 0) is 4.79 Å². The smallest absolute Gasteiger partial charge is 0.226 e. The average Bonchev–Trinajstić information content (AvgIpc) is 2.71. The molecule has 0 N–H and O–H groups in total. The second kappa shape index (κ2) is 8.48. The van der Waals surface area contributed by atoms with E-state index in [-0.39, 0.29) is 11.7 Å². The molecule has 5 nitrogen and oxygen atoms in total. The normalized spacial score (nSPS) is 17.4. The van der Waals surface area contributed by atoms with Gasteiger partial charge >= 0.3 is 0 Å². The quantitative estimate of drug-likeness (QED) is 0.654. The topological polar surface area (TPSA) is 55.8 Å². The van der Waals surface area contributed by atoms with E-state index in [2.05, 4.69) is 0 Å². The lowest BCUT2D eigenvalue weighted by atomic mass is 9.82. The molecule has 7 heteroatoms. The lowest BCUT2D eigenvalue weighted by Gasteiger charge is -2.44. The van der Waals surface area contributed by atoms with Crippen LogP contribution < -0.4 is 9.47 Å². The molecule has 2 aromatic rings. The summed E-state index contributed by atoms with van der Waals surface area (Å²) >= 11 is 12.0. The number of ether oxygens (including phenoxy) is 2. The molecule has 0 radical (unpaired) electrons. The van der Waals surface area contributed by atoms with Crippen LogP contribution in [0.1, 0.15) is 41.6 Å². The predicted molar refractivity (Wildman–Crippen MR) is 116 cm³/mol. The first-order chi connectivity index (χ1) is 14.3. The molecule has 1 saturated heterocycles. The van der Waals surface area contributed by atoms with Crippen LogP contribution in [0.3, 0.4) is 0 Å². The Kier molecular flexibility index (Phi) is 5.94. The Morgan fingerprint density at radius 3 is 2.57 bits per heavy atom. The largest absolute Gasteiger partial charge is 0.493 e. The fraction of sp³-hybridized carbons (Fsp3) is 0.391. The molecule has 1 fully saturated rings. The van der Waals surface area contributed by atoms with E-state index in [0.29, 0.717) is 72.5 Å². The lowest BCUT2D eigenvalue weighted by molar-refractivity contribution is -0.135. The van der Waals surface area contributed by atoms with Crippen molar-refractivity contribution < 1.29 is 19.1 Å². The number of likely N-dealkylation sites (tertiary alicyclic amines) is 1. The summed E-state index contributed by atoms with van der Waals surface area (Å²) in [5.74, 6) is 1.38. The van der Waals surface area contributed by atoms with Gasteiger partial charge in [0.2, 0.25) is 5.91 Å². The summed E-state index contributed by atoms with van der Waals surface area (Å²) in [4.78, 5) is 27.1. The zero-order chi connectivity index (χ0) is 21.3. The molecule has 0 aromatic heterocycles. The number of amides is 1. The van der Waals surface area contributed by atoms with Crippen molar-refractivity contribution in [3.8, 4) is 11.5 Å². The number of piperidine rings is 1. The number of nitrogens with zero attached hydrogens (tertiary/aromatic N) is 1. The molecule has 2 aliphatic rings. The van der Waals surface area contributed by atoms with Gasteiger partial charge in [0, 0.05) is 36.0 Å². The van der Waals surface area contributed by atoms with Crippen molar-refractivity contribution in [2.45, 2.75) is 38.2 Å². The fourth-order valence-electron chi connectivity index (χ4n) is 4.00. The van der Waals surface area contributed by atoms with Crippen LogP contribution in [0.25, 0.3) is 0 Å². The number of halogens is 2. The molecule has 0 unspecified atom stereocenters. The van der Waals surface area contributed by atoms with Gasteiger partial charge in [-0.3, -0.25) is 9.59 Å². The highest BCUT2D eigenvalue weighted by Crippen LogP contribution is 2.41. The molecule has 2 aromatic carbocycles. The third-order valence-corrected chi connectivity index (χ3v) is 6.46. The summed E-state index contributed by atoms with van der Waals surface area (Å²) in [5.41, 5.74) is 0.892. The summed E-state index contributed by atoms with van der Waals surface area (Å²) < 4.78 is 11.9. The summed E-state index contributed by atoms with van der Waals surface area (Å²) in [6, 6.07) is 10.6. The molecule has 0 atom stereocenters. The minimum Gasteiger partial charge on any atom is -0.493 e. The number of hydrogen-bond donors (Lipinski definition) is 0. The summed E-state index contributed by atoms with van der Waals surface area (Å²) in [5, 5.41) is 1.22. The Morgan fingerprint density at radius 2 is 1.87 bits per heavy atom. The number of aryl methyl sites for hydroxylation is 1. The van der Waals surface area contributed by atoms with E-state index in [1.54, 1.807) is 30.3 Å². The van der Waals surface area contributed by atoms with Crippen molar-refractivity contribution in [2.24, 2.45) is 0 Å². The maximum absolute atomic E-state index is 12.7. The fourth-order valence-corrected chi connectivity index (χ4v) is 4.29. The van der Waals surface area contributed by atoms with Crippen LogP contribution in [-0.4, -0.2) is 41.9 Å². The van der Waals surface area contributed by atoms with Crippen LogP contribution >= 0.6 is 23.2 Å². The highest BCUT2D eigenvalue weighted by atomic mass is 35.5. The monoisotopic (exact) mass is 447 g/mol. The number of rotatable bonds is 4. The van der Waals surface area contributed by atoms with Crippen LogP contribution in [0.15, 0.2) is 36.4 Å². The number of carbonyl (C=O) groups is 2. The Labute approximate surface area is 185 Å². The molecular formula is C23H23Cl2NO4. The zero-order valence-corrected chi connectivity index (χ0v) is 18.3. The number of Topliss-reactive ketones (excluding diaryl/α,β-unsaturated/α-hetero) is 1. The van der Waals surface area contributed by atoms with Crippen molar-refractivity contribution in [3.05, 3.63) is 57.6 Å². The second-order valence-corrected chi connectivity index (χ2v) is 8.76. The molecule has 0 saturated carbocycles. The highest BCUT2D eigenvalue weighted by Gasteiger charge is 2.43. The van der Waals surface area contributed by atoms with Crippen molar-refractivity contribution in [1.29, 1.82) is 0 Å². The minimum atomic E-state index is -0.541. The molecule has 0 bridgehead atoms. The Morgan fingerprint density at radius 1 is 1.17 bits per heavy atom. The molecule has 4 rings (SSSR count). The first-order valence-corrected chi connectivity index (χ1v) is 10.8. The first kappa shape index (κ1) is 21.0. The molecule has 158 valence electrons. The van der Waals surface area contributed by atoms with Crippen molar-refractivity contribution in [1.82, 2.24) is 4.90 Å². The Bertz CT molecular complexity index is 966. The van der Waals surface area contributed by atoms with Gasteiger partial charge in [0.05, 0.1) is 25.0 Å². The number of fused-ring (bicyclic) bond motifs is 1.